The van der Waals surface area contributed by atoms with E-state index in [-0.39, 0.29) is 0 Å². The maximum absolute atomic E-state index is 12.7. The topological polar surface area (TPSA) is 9.23 Å². The van der Waals surface area contributed by atoms with E-state index in [9.17, 15) is 52.7 Å². The van der Waals surface area contributed by atoms with Gasteiger partial charge in [0, 0.05) is 0 Å². The van der Waals surface area contributed by atoms with E-state index in [2.05, 4.69) is 4.74 Å². The highest BCUT2D eigenvalue weighted by molar-refractivity contribution is 5.55. The smallest absolute Gasteiger partial charge is 0.356 e. The number of halogens is 12. The van der Waals surface area contributed by atoms with E-state index >= 15 is 0 Å². The van der Waals surface area contributed by atoms with E-state index in [1.54, 1.807) is 0 Å². The molecule has 2 rings (SSSR count). The Balaban J connectivity index is 2.76. The van der Waals surface area contributed by atoms with Crippen LogP contribution in [0.25, 0.3) is 0 Å². The Morgan fingerprint density at radius 1 is 0.435 bits per heavy atom. The van der Waals surface area contributed by atoms with Crippen LogP contribution in [0.5, 0.6) is 0 Å². The van der Waals surface area contributed by atoms with Crippen molar-refractivity contribution in [3.05, 3.63) is 22.3 Å². The molecular weight excluding hydrogens is 364 g/mol. The first-order valence-corrected chi connectivity index (χ1v) is 5.39. The van der Waals surface area contributed by atoms with E-state index < -0.39 is 59.2 Å². The average molecular weight is 366 g/mol. The zero-order chi connectivity index (χ0) is 18.2. The molecule has 1 nitrogen and oxygen atoms in total. The molecule has 132 valence electrons. The van der Waals surface area contributed by atoms with Gasteiger partial charge in [0.25, 0.3) is 0 Å². The van der Waals surface area contributed by atoms with Gasteiger partial charge in [-0.1, -0.05) is 0 Å². The van der Waals surface area contributed by atoms with Gasteiger partial charge in [-0.2, -0.15) is 52.7 Å². The fraction of sp³-hybridized carbons (Fsp3) is 0.600. The van der Waals surface area contributed by atoms with E-state index in [0.29, 0.717) is 0 Å². The van der Waals surface area contributed by atoms with Gasteiger partial charge in [-0.25, -0.2) is 0 Å². The predicted octanol–water partition coefficient (Wildman–Crippen LogP) is 4.61. The van der Waals surface area contributed by atoms with E-state index in [4.69, 9.17) is 0 Å². The molecule has 0 aromatic heterocycles. The summed E-state index contributed by atoms with van der Waals surface area (Å²) in [4.78, 5) is 0. The third kappa shape index (κ3) is 2.78. The van der Waals surface area contributed by atoms with E-state index in [1.165, 1.54) is 0 Å². The van der Waals surface area contributed by atoms with E-state index in [0.717, 1.165) is 0 Å². The standard InChI is InChI=1S/C10H2F12O/c11-7(12,13)1-2(8(14,15)16)6-4(10(20,21)22)3(5(1)23-6)9(17,18)19/h5-6H. The van der Waals surface area contributed by atoms with Crippen LogP contribution in [0.1, 0.15) is 0 Å². The highest BCUT2D eigenvalue weighted by atomic mass is 19.4. The number of fused-ring (bicyclic) bond motifs is 2. The molecule has 0 aromatic rings. The molecule has 0 saturated carbocycles. The zero-order valence-corrected chi connectivity index (χ0v) is 10.1. The lowest BCUT2D eigenvalue weighted by atomic mass is 9.84. The lowest BCUT2D eigenvalue weighted by molar-refractivity contribution is -0.132. The first-order valence-electron chi connectivity index (χ1n) is 5.39. The van der Waals surface area contributed by atoms with Gasteiger partial charge in [0.05, 0.1) is 22.3 Å². The van der Waals surface area contributed by atoms with Crippen LogP contribution in [0.4, 0.5) is 52.7 Å². The van der Waals surface area contributed by atoms with Crippen molar-refractivity contribution in [2.24, 2.45) is 0 Å². The second-order valence-corrected chi connectivity index (χ2v) is 4.54. The Hall–Kier alpha value is -1.40. The molecule has 0 saturated heterocycles. The van der Waals surface area contributed by atoms with Crippen LogP contribution in [0, 0.1) is 0 Å². The molecule has 0 spiro atoms. The number of alkyl halides is 12. The van der Waals surface area contributed by atoms with Crippen molar-refractivity contribution < 1.29 is 57.4 Å². The molecule has 23 heavy (non-hydrogen) atoms. The molecule has 0 fully saturated rings. The molecule has 0 unspecified atom stereocenters. The number of hydrogen-bond acceptors (Lipinski definition) is 1. The fourth-order valence-corrected chi connectivity index (χ4v) is 2.47. The monoisotopic (exact) mass is 366 g/mol. The van der Waals surface area contributed by atoms with Crippen molar-refractivity contribution in [2.75, 3.05) is 0 Å². The van der Waals surface area contributed by atoms with Crippen LogP contribution in [-0.2, 0) is 4.74 Å². The van der Waals surface area contributed by atoms with Gasteiger partial charge in [-0.05, 0) is 0 Å². The third-order valence-electron chi connectivity index (χ3n) is 3.12. The van der Waals surface area contributed by atoms with Gasteiger partial charge in [0.1, 0.15) is 12.2 Å². The first-order chi connectivity index (χ1) is 9.97. The number of ether oxygens (including phenoxy) is 1. The summed E-state index contributed by atoms with van der Waals surface area (Å²) < 4.78 is 156. The molecule has 0 N–H and O–H groups in total. The predicted molar refractivity (Wildman–Crippen MR) is 46.9 cm³/mol. The van der Waals surface area contributed by atoms with Gasteiger partial charge in [-0.15, -0.1) is 0 Å². The van der Waals surface area contributed by atoms with Crippen molar-refractivity contribution in [3.63, 3.8) is 0 Å². The molecule has 2 heterocycles. The minimum absolute atomic E-state index is 2.81. The van der Waals surface area contributed by atoms with Gasteiger partial charge < -0.3 is 4.74 Å². The van der Waals surface area contributed by atoms with Gasteiger partial charge in [0.15, 0.2) is 0 Å². The van der Waals surface area contributed by atoms with Crippen molar-refractivity contribution in [1.29, 1.82) is 0 Å². The quantitative estimate of drug-likeness (QED) is 0.450. The van der Waals surface area contributed by atoms with Crippen LogP contribution < -0.4 is 0 Å². The minimum Gasteiger partial charge on any atom is -0.356 e. The molecule has 0 aliphatic carbocycles. The zero-order valence-electron chi connectivity index (χ0n) is 10.1. The number of rotatable bonds is 0. The summed E-state index contributed by atoms with van der Waals surface area (Å²) in [5, 5.41) is 0. The molecule has 2 bridgehead atoms. The second kappa shape index (κ2) is 4.57. The van der Waals surface area contributed by atoms with Crippen LogP contribution in [0.2, 0.25) is 0 Å². The van der Waals surface area contributed by atoms with Gasteiger partial charge in [-0.3, -0.25) is 0 Å². The normalized spacial score (nSPS) is 26.6. The summed E-state index contributed by atoms with van der Waals surface area (Å²) in [7, 11) is 0. The summed E-state index contributed by atoms with van der Waals surface area (Å²) in [5.74, 6) is 0. The second-order valence-electron chi connectivity index (χ2n) is 4.54. The summed E-state index contributed by atoms with van der Waals surface area (Å²) in [6, 6.07) is 0. The Morgan fingerprint density at radius 2 is 0.609 bits per heavy atom. The van der Waals surface area contributed by atoms with Crippen LogP contribution in [0.3, 0.4) is 0 Å². The molecule has 0 atom stereocenters. The van der Waals surface area contributed by atoms with Gasteiger partial charge in [0.2, 0.25) is 0 Å². The van der Waals surface area contributed by atoms with Gasteiger partial charge >= 0.3 is 24.7 Å². The summed E-state index contributed by atoms with van der Waals surface area (Å²) in [6.07, 6.45) is -30.8. The molecule has 2 aliphatic heterocycles. The van der Waals surface area contributed by atoms with Crippen molar-refractivity contribution in [2.45, 2.75) is 36.9 Å². The SMILES string of the molecule is FC(F)(F)C1=C(C(F)(F)F)C2OC1C(C(F)(F)F)=C2C(F)(F)F. The highest BCUT2D eigenvalue weighted by Gasteiger charge is 2.69. The van der Waals surface area contributed by atoms with Crippen molar-refractivity contribution in [1.82, 2.24) is 0 Å². The fourth-order valence-electron chi connectivity index (χ4n) is 2.47. The lowest BCUT2D eigenvalue weighted by Crippen LogP contribution is -2.38. The molecule has 0 amide bonds. The van der Waals surface area contributed by atoms with Crippen molar-refractivity contribution >= 4 is 0 Å². The summed E-state index contributed by atoms with van der Waals surface area (Å²) in [5.41, 5.74) is -11.2. The molecule has 0 aromatic carbocycles. The highest BCUT2D eigenvalue weighted by Crippen LogP contribution is 2.59. The molecule has 2 aliphatic rings. The summed E-state index contributed by atoms with van der Waals surface area (Å²) in [6.45, 7) is 0. The van der Waals surface area contributed by atoms with E-state index in [1.807, 2.05) is 0 Å². The average Bonchev–Trinajstić information content (AvgIpc) is 2.77. The van der Waals surface area contributed by atoms with Crippen molar-refractivity contribution in [3.8, 4) is 0 Å². The minimum atomic E-state index is -5.95. The Labute approximate surface area is 118 Å². The molecule has 13 heteroatoms. The molecular formula is C10H2F12O. The van der Waals surface area contributed by atoms with Crippen LogP contribution in [0.15, 0.2) is 22.3 Å². The third-order valence-corrected chi connectivity index (χ3v) is 3.12. The lowest BCUT2D eigenvalue weighted by Gasteiger charge is -2.26. The molecule has 0 radical (unpaired) electrons. The van der Waals surface area contributed by atoms with Crippen LogP contribution in [-0.4, -0.2) is 36.9 Å². The Morgan fingerprint density at radius 3 is 0.739 bits per heavy atom. The van der Waals surface area contributed by atoms with Crippen LogP contribution >= 0.6 is 0 Å². The maximum atomic E-state index is 12.7. The maximum Gasteiger partial charge on any atom is 0.415 e. The number of hydrogen-bond donors (Lipinski definition) is 0. The Bertz CT molecular complexity index is 481. The summed E-state index contributed by atoms with van der Waals surface area (Å²) >= 11 is 0. The first kappa shape index (κ1) is 17.9. The Kier molecular flexibility index (Phi) is 3.57. The largest absolute Gasteiger partial charge is 0.415 e.